The molecule has 1 heterocycles. The van der Waals surface area contributed by atoms with Crippen LogP contribution in [0.15, 0.2) is 11.3 Å². The minimum atomic E-state index is -2.93. The van der Waals surface area contributed by atoms with Gasteiger partial charge in [0, 0.05) is 19.6 Å². The molecule has 0 aliphatic carbocycles. The highest BCUT2D eigenvalue weighted by Crippen LogP contribution is 2.31. The van der Waals surface area contributed by atoms with Gasteiger partial charge < -0.3 is 18.9 Å². The molecule has 0 N–H and O–H groups in total. The molecule has 0 saturated heterocycles. The van der Waals surface area contributed by atoms with Crippen LogP contribution in [0.2, 0.25) is 0 Å². The zero-order chi connectivity index (χ0) is 15.1. The Kier molecular flexibility index (Phi) is 6.87. The van der Waals surface area contributed by atoms with Crippen molar-refractivity contribution >= 4 is 5.97 Å². The summed E-state index contributed by atoms with van der Waals surface area (Å²) in [6, 6.07) is 0. The summed E-state index contributed by atoms with van der Waals surface area (Å²) in [5.74, 6) is -1.55. The van der Waals surface area contributed by atoms with Crippen LogP contribution in [0.4, 0.5) is 8.78 Å². The maximum absolute atomic E-state index is 13.1. The van der Waals surface area contributed by atoms with Gasteiger partial charge in [0.05, 0.1) is 12.7 Å². The molecule has 2 atom stereocenters. The smallest absolute Gasteiger partial charge is 0.340 e. The van der Waals surface area contributed by atoms with Crippen LogP contribution in [0.3, 0.4) is 0 Å². The summed E-state index contributed by atoms with van der Waals surface area (Å²) in [7, 11) is 0. The first-order chi connectivity index (χ1) is 9.54. The molecule has 0 bridgehead atoms. The number of esters is 1. The molecule has 1 aliphatic heterocycles. The van der Waals surface area contributed by atoms with Crippen LogP contribution < -0.4 is 0 Å². The molecular weight excluding hydrogens is 274 g/mol. The third-order valence-corrected chi connectivity index (χ3v) is 2.67. The van der Waals surface area contributed by atoms with Crippen molar-refractivity contribution in [3.05, 3.63) is 11.3 Å². The molecule has 1 aliphatic rings. The number of carbonyl (C=O) groups excluding carboxylic acids is 1. The summed E-state index contributed by atoms with van der Waals surface area (Å²) in [6.07, 6.45) is -4.42. The lowest BCUT2D eigenvalue weighted by Gasteiger charge is -2.32. The lowest BCUT2D eigenvalue weighted by atomic mass is 10.0. The summed E-state index contributed by atoms with van der Waals surface area (Å²) in [5, 5.41) is 0. The molecular formula is C13H20F2O5. The van der Waals surface area contributed by atoms with Gasteiger partial charge in [0.1, 0.15) is 5.57 Å². The van der Waals surface area contributed by atoms with E-state index in [1.807, 2.05) is 0 Å². The van der Waals surface area contributed by atoms with Crippen molar-refractivity contribution in [3.63, 3.8) is 0 Å². The topological polar surface area (TPSA) is 54.0 Å². The molecule has 0 aromatic carbocycles. The zero-order valence-electron chi connectivity index (χ0n) is 11.9. The SMILES string of the molecule is CCOC(=O)C1=C(C(F)F)OC(OCC)CC1OCC. The van der Waals surface area contributed by atoms with E-state index in [1.54, 1.807) is 20.8 Å². The molecule has 20 heavy (non-hydrogen) atoms. The molecule has 0 saturated carbocycles. The molecule has 0 spiro atoms. The molecule has 0 fully saturated rings. The number of hydrogen-bond acceptors (Lipinski definition) is 5. The Labute approximate surface area is 116 Å². The summed E-state index contributed by atoms with van der Waals surface area (Å²) in [6.45, 7) is 5.73. The molecule has 7 heteroatoms. The minimum Gasteiger partial charge on any atom is -0.462 e. The van der Waals surface area contributed by atoms with Crippen molar-refractivity contribution in [2.24, 2.45) is 0 Å². The first kappa shape index (κ1) is 16.8. The Morgan fingerprint density at radius 3 is 2.40 bits per heavy atom. The van der Waals surface area contributed by atoms with Crippen molar-refractivity contribution in [1.29, 1.82) is 0 Å². The van der Waals surface area contributed by atoms with E-state index in [-0.39, 0.29) is 25.2 Å². The van der Waals surface area contributed by atoms with Gasteiger partial charge in [-0.3, -0.25) is 0 Å². The van der Waals surface area contributed by atoms with Gasteiger partial charge in [-0.25, -0.2) is 13.6 Å². The molecule has 1 rings (SSSR count). The highest BCUT2D eigenvalue weighted by atomic mass is 19.3. The third kappa shape index (κ3) is 4.14. The number of halogens is 2. The molecule has 0 radical (unpaired) electrons. The Hall–Kier alpha value is -1.21. The fraction of sp³-hybridized carbons (Fsp3) is 0.769. The van der Waals surface area contributed by atoms with E-state index in [4.69, 9.17) is 18.9 Å². The number of hydrogen-bond donors (Lipinski definition) is 0. The molecule has 0 aromatic heterocycles. The normalized spacial score (nSPS) is 22.9. The Morgan fingerprint density at radius 1 is 1.25 bits per heavy atom. The highest BCUT2D eigenvalue weighted by molar-refractivity contribution is 5.90. The first-order valence-electron chi connectivity index (χ1n) is 6.64. The summed E-state index contributed by atoms with van der Waals surface area (Å²) < 4.78 is 46.6. The maximum Gasteiger partial charge on any atom is 0.340 e. The van der Waals surface area contributed by atoms with Gasteiger partial charge in [-0.2, -0.15) is 0 Å². The standard InChI is InChI=1S/C13H20F2O5/c1-4-17-8-7-9(18-5-2)20-11(12(14)15)10(8)13(16)19-6-3/h8-9,12H,4-7H2,1-3H3. The number of alkyl halides is 2. The summed E-state index contributed by atoms with van der Waals surface area (Å²) in [4.78, 5) is 11.8. The molecule has 2 unspecified atom stereocenters. The van der Waals surface area contributed by atoms with Gasteiger partial charge in [-0.15, -0.1) is 0 Å². The van der Waals surface area contributed by atoms with E-state index in [0.29, 0.717) is 6.61 Å². The quantitative estimate of drug-likeness (QED) is 0.674. The monoisotopic (exact) mass is 294 g/mol. The van der Waals surface area contributed by atoms with E-state index in [1.165, 1.54) is 0 Å². The predicted molar refractivity (Wildman–Crippen MR) is 66.2 cm³/mol. The Bertz CT molecular complexity index is 357. The number of carbonyl (C=O) groups is 1. The van der Waals surface area contributed by atoms with Crippen LogP contribution in [0.25, 0.3) is 0 Å². The Morgan fingerprint density at radius 2 is 1.90 bits per heavy atom. The second kappa shape index (κ2) is 8.16. The lowest BCUT2D eigenvalue weighted by molar-refractivity contribution is -0.167. The molecule has 0 aromatic rings. The van der Waals surface area contributed by atoms with Crippen LogP contribution in [-0.2, 0) is 23.7 Å². The lowest BCUT2D eigenvalue weighted by Crippen LogP contribution is -2.38. The molecule has 5 nitrogen and oxygen atoms in total. The largest absolute Gasteiger partial charge is 0.462 e. The molecule has 0 amide bonds. The second-order valence-electron chi connectivity index (χ2n) is 3.98. The number of allylic oxidation sites excluding steroid dienone is 1. The van der Waals surface area contributed by atoms with Crippen molar-refractivity contribution in [2.75, 3.05) is 19.8 Å². The Balaban J connectivity index is 3.08. The van der Waals surface area contributed by atoms with Gasteiger partial charge >= 0.3 is 5.97 Å². The van der Waals surface area contributed by atoms with E-state index in [2.05, 4.69) is 0 Å². The van der Waals surface area contributed by atoms with Gasteiger partial charge in [0.25, 0.3) is 6.43 Å². The van der Waals surface area contributed by atoms with E-state index in [0.717, 1.165) is 0 Å². The molecule has 116 valence electrons. The van der Waals surface area contributed by atoms with Crippen LogP contribution in [0, 0.1) is 0 Å². The maximum atomic E-state index is 13.1. The average Bonchev–Trinajstić information content (AvgIpc) is 2.39. The van der Waals surface area contributed by atoms with E-state index < -0.39 is 30.5 Å². The van der Waals surface area contributed by atoms with E-state index in [9.17, 15) is 13.6 Å². The van der Waals surface area contributed by atoms with Crippen molar-refractivity contribution in [3.8, 4) is 0 Å². The van der Waals surface area contributed by atoms with Gasteiger partial charge in [-0.1, -0.05) is 0 Å². The second-order valence-corrected chi connectivity index (χ2v) is 3.98. The summed E-state index contributed by atoms with van der Waals surface area (Å²) in [5.41, 5.74) is -0.250. The minimum absolute atomic E-state index is 0.0899. The van der Waals surface area contributed by atoms with Crippen molar-refractivity contribution < 1.29 is 32.5 Å². The highest BCUT2D eigenvalue weighted by Gasteiger charge is 2.39. The third-order valence-electron chi connectivity index (χ3n) is 2.67. The number of rotatable bonds is 7. The summed E-state index contributed by atoms with van der Waals surface area (Å²) >= 11 is 0. The first-order valence-corrected chi connectivity index (χ1v) is 6.64. The fourth-order valence-electron chi connectivity index (χ4n) is 1.95. The fourth-order valence-corrected chi connectivity index (χ4v) is 1.95. The van der Waals surface area contributed by atoms with E-state index >= 15 is 0 Å². The van der Waals surface area contributed by atoms with Gasteiger partial charge in [0.15, 0.2) is 5.76 Å². The van der Waals surface area contributed by atoms with Crippen LogP contribution in [0.1, 0.15) is 27.2 Å². The van der Waals surface area contributed by atoms with Crippen LogP contribution in [-0.4, -0.2) is 44.6 Å². The van der Waals surface area contributed by atoms with Crippen LogP contribution in [0.5, 0.6) is 0 Å². The predicted octanol–water partition coefficient (Wildman–Crippen LogP) is 2.26. The zero-order valence-corrected chi connectivity index (χ0v) is 11.9. The van der Waals surface area contributed by atoms with Crippen molar-refractivity contribution in [1.82, 2.24) is 0 Å². The van der Waals surface area contributed by atoms with Crippen LogP contribution >= 0.6 is 0 Å². The number of ether oxygens (including phenoxy) is 4. The van der Waals surface area contributed by atoms with Gasteiger partial charge in [-0.05, 0) is 20.8 Å². The van der Waals surface area contributed by atoms with Gasteiger partial charge in [0.2, 0.25) is 6.29 Å². The average molecular weight is 294 g/mol. The van der Waals surface area contributed by atoms with Crippen molar-refractivity contribution in [2.45, 2.75) is 46.0 Å².